The molecular weight excluding hydrogens is 296 g/mol. The van der Waals surface area contributed by atoms with E-state index in [2.05, 4.69) is 24.5 Å². The third-order valence-corrected chi connectivity index (χ3v) is 5.18. The Morgan fingerprint density at radius 2 is 2.05 bits per heavy atom. The Morgan fingerprint density at radius 3 is 2.91 bits per heavy atom. The van der Waals surface area contributed by atoms with Gasteiger partial charge in [0.15, 0.2) is 16.6 Å². The van der Waals surface area contributed by atoms with Crippen molar-refractivity contribution >= 4 is 17.3 Å². The SMILES string of the molecule is C[C@@H]1[C@H](C)CCC[C@H]1NC(=S)NCc1ccc2c(c1)OCO2. The van der Waals surface area contributed by atoms with Crippen LogP contribution in [-0.4, -0.2) is 17.9 Å². The Kier molecular flexibility index (Phi) is 4.71. The molecule has 1 aliphatic heterocycles. The van der Waals surface area contributed by atoms with E-state index in [1.165, 1.54) is 19.3 Å². The molecule has 1 saturated carbocycles. The molecular formula is C17H24N2O2S. The van der Waals surface area contributed by atoms with Crippen molar-refractivity contribution in [1.29, 1.82) is 0 Å². The van der Waals surface area contributed by atoms with Crippen molar-refractivity contribution in [1.82, 2.24) is 10.6 Å². The summed E-state index contributed by atoms with van der Waals surface area (Å²) in [5.41, 5.74) is 1.14. The summed E-state index contributed by atoms with van der Waals surface area (Å²) in [6.45, 7) is 5.66. The van der Waals surface area contributed by atoms with Crippen LogP contribution in [0.15, 0.2) is 18.2 Å². The molecule has 22 heavy (non-hydrogen) atoms. The van der Waals surface area contributed by atoms with Crippen molar-refractivity contribution in [3.05, 3.63) is 23.8 Å². The molecule has 0 radical (unpaired) electrons. The van der Waals surface area contributed by atoms with Gasteiger partial charge in [-0.2, -0.15) is 0 Å². The van der Waals surface area contributed by atoms with E-state index >= 15 is 0 Å². The first-order chi connectivity index (χ1) is 10.6. The first-order valence-corrected chi connectivity index (χ1v) is 8.47. The fourth-order valence-electron chi connectivity index (χ4n) is 3.24. The highest BCUT2D eigenvalue weighted by atomic mass is 32.1. The van der Waals surface area contributed by atoms with E-state index in [9.17, 15) is 0 Å². The van der Waals surface area contributed by atoms with Crippen LogP contribution < -0.4 is 20.1 Å². The lowest BCUT2D eigenvalue weighted by atomic mass is 9.78. The molecule has 0 saturated heterocycles. The molecule has 0 spiro atoms. The molecule has 0 amide bonds. The van der Waals surface area contributed by atoms with Crippen molar-refractivity contribution in [2.75, 3.05) is 6.79 Å². The minimum atomic E-state index is 0.309. The molecule has 1 heterocycles. The number of rotatable bonds is 3. The van der Waals surface area contributed by atoms with Crippen LogP contribution in [0.2, 0.25) is 0 Å². The Hall–Kier alpha value is -1.49. The van der Waals surface area contributed by atoms with Crippen LogP contribution >= 0.6 is 12.2 Å². The van der Waals surface area contributed by atoms with E-state index in [1.54, 1.807) is 0 Å². The van der Waals surface area contributed by atoms with E-state index in [-0.39, 0.29) is 0 Å². The number of nitrogens with one attached hydrogen (secondary N) is 2. The number of hydrogen-bond donors (Lipinski definition) is 2. The Bertz CT molecular complexity index is 549. The van der Waals surface area contributed by atoms with Crippen LogP contribution in [0, 0.1) is 11.8 Å². The molecule has 0 aromatic heterocycles. The molecule has 0 unspecified atom stereocenters. The van der Waals surface area contributed by atoms with Crippen molar-refractivity contribution in [3.63, 3.8) is 0 Å². The lowest BCUT2D eigenvalue weighted by molar-refractivity contribution is 0.174. The molecule has 2 aliphatic rings. The zero-order chi connectivity index (χ0) is 15.5. The Morgan fingerprint density at radius 1 is 1.23 bits per heavy atom. The number of thiocarbonyl (C=S) groups is 1. The highest BCUT2D eigenvalue weighted by molar-refractivity contribution is 7.80. The van der Waals surface area contributed by atoms with E-state index in [1.807, 2.05) is 18.2 Å². The number of fused-ring (bicyclic) bond motifs is 1. The monoisotopic (exact) mass is 320 g/mol. The van der Waals surface area contributed by atoms with Gasteiger partial charge in [0.1, 0.15) is 0 Å². The van der Waals surface area contributed by atoms with Gasteiger partial charge in [-0.05, 0) is 48.2 Å². The van der Waals surface area contributed by atoms with Gasteiger partial charge in [-0.1, -0.05) is 32.8 Å². The zero-order valence-electron chi connectivity index (χ0n) is 13.2. The fourth-order valence-corrected chi connectivity index (χ4v) is 3.46. The summed E-state index contributed by atoms with van der Waals surface area (Å²) in [7, 11) is 0. The first-order valence-electron chi connectivity index (χ1n) is 8.06. The predicted octanol–water partition coefficient (Wildman–Crippen LogP) is 3.20. The molecule has 0 bridgehead atoms. The van der Waals surface area contributed by atoms with Crippen LogP contribution in [-0.2, 0) is 6.54 Å². The number of ether oxygens (including phenoxy) is 2. The van der Waals surface area contributed by atoms with Crippen LogP contribution in [0.25, 0.3) is 0 Å². The van der Waals surface area contributed by atoms with Crippen molar-refractivity contribution in [2.45, 2.75) is 45.7 Å². The van der Waals surface area contributed by atoms with Gasteiger partial charge >= 0.3 is 0 Å². The average molecular weight is 320 g/mol. The molecule has 5 heteroatoms. The Labute approximate surface area is 137 Å². The lowest BCUT2D eigenvalue weighted by Crippen LogP contribution is -2.47. The molecule has 2 N–H and O–H groups in total. The average Bonchev–Trinajstić information content (AvgIpc) is 2.97. The summed E-state index contributed by atoms with van der Waals surface area (Å²) in [6, 6.07) is 6.47. The maximum absolute atomic E-state index is 5.45. The molecule has 1 fully saturated rings. The van der Waals surface area contributed by atoms with Crippen LogP contribution in [0.3, 0.4) is 0 Å². The number of benzene rings is 1. The minimum Gasteiger partial charge on any atom is -0.454 e. The number of hydrogen-bond acceptors (Lipinski definition) is 3. The van der Waals surface area contributed by atoms with Crippen LogP contribution in [0.5, 0.6) is 11.5 Å². The largest absolute Gasteiger partial charge is 0.454 e. The molecule has 3 atom stereocenters. The normalized spacial score (nSPS) is 26.5. The third-order valence-electron chi connectivity index (χ3n) is 4.91. The Balaban J connectivity index is 1.50. The van der Waals surface area contributed by atoms with Gasteiger partial charge in [0.2, 0.25) is 6.79 Å². The summed E-state index contributed by atoms with van der Waals surface area (Å²) < 4.78 is 10.7. The summed E-state index contributed by atoms with van der Waals surface area (Å²) >= 11 is 5.45. The molecule has 3 rings (SSSR count). The highest BCUT2D eigenvalue weighted by Crippen LogP contribution is 2.32. The van der Waals surface area contributed by atoms with E-state index < -0.39 is 0 Å². The minimum absolute atomic E-state index is 0.309. The van der Waals surface area contributed by atoms with E-state index in [0.29, 0.717) is 25.3 Å². The maximum atomic E-state index is 5.45. The van der Waals surface area contributed by atoms with Gasteiger partial charge in [-0.15, -0.1) is 0 Å². The topological polar surface area (TPSA) is 42.5 Å². The van der Waals surface area contributed by atoms with Gasteiger partial charge < -0.3 is 20.1 Å². The highest BCUT2D eigenvalue weighted by Gasteiger charge is 2.27. The van der Waals surface area contributed by atoms with Crippen molar-refractivity contribution < 1.29 is 9.47 Å². The second-order valence-corrected chi connectivity index (χ2v) is 6.80. The third kappa shape index (κ3) is 3.46. The molecule has 4 nitrogen and oxygen atoms in total. The maximum Gasteiger partial charge on any atom is 0.231 e. The summed E-state index contributed by atoms with van der Waals surface area (Å²) in [5, 5.41) is 7.52. The predicted molar refractivity (Wildman–Crippen MR) is 91.1 cm³/mol. The first kappa shape index (κ1) is 15.4. The molecule has 1 aromatic rings. The second kappa shape index (κ2) is 6.73. The van der Waals surface area contributed by atoms with Crippen LogP contribution in [0.1, 0.15) is 38.7 Å². The van der Waals surface area contributed by atoms with Crippen molar-refractivity contribution in [2.24, 2.45) is 11.8 Å². The quantitative estimate of drug-likeness (QED) is 0.837. The molecule has 1 aromatic carbocycles. The van der Waals surface area contributed by atoms with Crippen LogP contribution in [0.4, 0.5) is 0 Å². The van der Waals surface area contributed by atoms with Crippen molar-refractivity contribution in [3.8, 4) is 11.5 Å². The van der Waals surface area contributed by atoms with Gasteiger partial charge in [0.05, 0.1) is 0 Å². The zero-order valence-corrected chi connectivity index (χ0v) is 14.0. The smallest absolute Gasteiger partial charge is 0.231 e. The molecule has 1 aliphatic carbocycles. The standard InChI is InChI=1S/C17H24N2O2S/c1-11-4-3-5-14(12(11)2)19-17(22)18-9-13-6-7-15-16(8-13)21-10-20-15/h6-8,11-12,14H,3-5,9-10H2,1-2H3,(H2,18,19,22)/t11-,12-,14-/m1/s1. The van der Waals surface area contributed by atoms with Gasteiger partial charge in [0, 0.05) is 12.6 Å². The summed E-state index contributed by atoms with van der Waals surface area (Å²) in [4.78, 5) is 0. The molecule has 120 valence electrons. The summed E-state index contributed by atoms with van der Waals surface area (Å²) in [5.74, 6) is 3.06. The van der Waals surface area contributed by atoms with Gasteiger partial charge in [-0.3, -0.25) is 0 Å². The van der Waals surface area contributed by atoms with E-state index in [0.717, 1.165) is 28.1 Å². The fraction of sp³-hybridized carbons (Fsp3) is 0.588. The van der Waals surface area contributed by atoms with Gasteiger partial charge in [-0.25, -0.2) is 0 Å². The van der Waals surface area contributed by atoms with E-state index in [4.69, 9.17) is 21.7 Å². The van der Waals surface area contributed by atoms with Gasteiger partial charge in [0.25, 0.3) is 0 Å². The lowest BCUT2D eigenvalue weighted by Gasteiger charge is -2.35. The summed E-state index contributed by atoms with van der Waals surface area (Å²) in [6.07, 6.45) is 3.82. The second-order valence-electron chi connectivity index (χ2n) is 6.39.